The normalized spacial score (nSPS) is 10.3. The third-order valence-electron chi connectivity index (χ3n) is 3.69. The number of carbonyl (C=O) groups excluding carboxylic acids is 1. The summed E-state index contributed by atoms with van der Waals surface area (Å²) in [5.41, 5.74) is 0.216. The number of amides is 1. The van der Waals surface area contributed by atoms with Crippen LogP contribution >= 0.6 is 0 Å². The summed E-state index contributed by atoms with van der Waals surface area (Å²) < 4.78 is 23.5. The molecule has 0 unspecified atom stereocenters. The van der Waals surface area contributed by atoms with Crippen LogP contribution in [0.2, 0.25) is 0 Å². The molecule has 0 aromatic heterocycles. The second kappa shape index (κ2) is 8.28. The molecule has 2 aromatic rings. The molecule has 0 atom stereocenters. The van der Waals surface area contributed by atoms with Crippen LogP contribution in [0.1, 0.15) is 22.8 Å². The van der Waals surface area contributed by atoms with E-state index in [0.717, 1.165) is 0 Å². The summed E-state index contributed by atoms with van der Waals surface area (Å²) in [7, 11) is 2.88. The van der Waals surface area contributed by atoms with Crippen molar-refractivity contribution in [1.29, 1.82) is 0 Å². The van der Waals surface area contributed by atoms with E-state index in [1.807, 2.05) is 0 Å². The first kappa shape index (κ1) is 19.2. The first-order valence-electron chi connectivity index (χ1n) is 7.86. The van der Waals surface area contributed by atoms with Crippen LogP contribution < -0.4 is 9.47 Å². The number of hydrogen-bond donors (Lipinski definition) is 0. The van der Waals surface area contributed by atoms with Crippen LogP contribution in [0.4, 0.5) is 10.1 Å². The van der Waals surface area contributed by atoms with Gasteiger partial charge in [0.2, 0.25) is 0 Å². The molecule has 1 amide bonds. The van der Waals surface area contributed by atoms with Crippen molar-refractivity contribution in [2.24, 2.45) is 0 Å². The van der Waals surface area contributed by atoms with Crippen LogP contribution in [0, 0.1) is 15.9 Å². The Labute approximate surface area is 150 Å². The number of halogens is 1. The van der Waals surface area contributed by atoms with Gasteiger partial charge in [0.05, 0.1) is 24.7 Å². The molecule has 0 radical (unpaired) electrons. The maximum absolute atomic E-state index is 13.0. The standard InChI is InChI=1S/C18H19FN2O5/c1-4-26-17-9-14(15(21(23)24)10-16(17)25-3)18(22)20(2)11-12-5-7-13(19)8-6-12/h5-10H,4,11H2,1-3H3. The van der Waals surface area contributed by atoms with Gasteiger partial charge in [-0.3, -0.25) is 14.9 Å². The number of ether oxygens (including phenoxy) is 2. The average molecular weight is 362 g/mol. The van der Waals surface area contributed by atoms with E-state index >= 15 is 0 Å². The van der Waals surface area contributed by atoms with Crippen molar-refractivity contribution >= 4 is 11.6 Å². The fraction of sp³-hybridized carbons (Fsp3) is 0.278. The molecular weight excluding hydrogens is 343 g/mol. The highest BCUT2D eigenvalue weighted by atomic mass is 19.1. The number of rotatable bonds is 7. The lowest BCUT2D eigenvalue weighted by atomic mass is 10.1. The number of nitro groups is 1. The van der Waals surface area contributed by atoms with Crippen LogP contribution in [0.15, 0.2) is 36.4 Å². The number of hydrogen-bond acceptors (Lipinski definition) is 5. The zero-order chi connectivity index (χ0) is 19.3. The van der Waals surface area contributed by atoms with Gasteiger partial charge in [0.1, 0.15) is 11.4 Å². The Balaban J connectivity index is 2.37. The van der Waals surface area contributed by atoms with E-state index in [1.54, 1.807) is 19.1 Å². The molecule has 0 fully saturated rings. The van der Waals surface area contributed by atoms with Crippen LogP contribution in [-0.2, 0) is 6.54 Å². The van der Waals surface area contributed by atoms with Crippen LogP contribution in [-0.4, -0.2) is 36.5 Å². The lowest BCUT2D eigenvalue weighted by molar-refractivity contribution is -0.385. The van der Waals surface area contributed by atoms with Crippen LogP contribution in [0.3, 0.4) is 0 Å². The number of nitro benzene ring substituents is 1. The quantitative estimate of drug-likeness (QED) is 0.557. The SMILES string of the molecule is CCOc1cc(C(=O)N(C)Cc2ccc(F)cc2)c([N+](=O)[O-])cc1OC. The zero-order valence-corrected chi connectivity index (χ0v) is 14.7. The summed E-state index contributed by atoms with van der Waals surface area (Å²) in [6.07, 6.45) is 0. The molecule has 8 heteroatoms. The van der Waals surface area contributed by atoms with E-state index in [0.29, 0.717) is 12.2 Å². The predicted molar refractivity (Wildman–Crippen MR) is 93.0 cm³/mol. The van der Waals surface area contributed by atoms with Gasteiger partial charge in [0, 0.05) is 19.7 Å². The largest absolute Gasteiger partial charge is 0.493 e. The van der Waals surface area contributed by atoms with Gasteiger partial charge in [-0.05, 0) is 24.6 Å². The maximum Gasteiger partial charge on any atom is 0.286 e. The predicted octanol–water partition coefficient (Wildman–Crippen LogP) is 3.41. The number of carbonyl (C=O) groups is 1. The Hall–Kier alpha value is -3.16. The Kier molecular flexibility index (Phi) is 6.11. The molecule has 0 bridgehead atoms. The highest BCUT2D eigenvalue weighted by Crippen LogP contribution is 2.35. The summed E-state index contributed by atoms with van der Waals surface area (Å²) in [4.78, 5) is 24.8. The average Bonchev–Trinajstić information content (AvgIpc) is 2.62. The van der Waals surface area contributed by atoms with Crippen LogP contribution in [0.5, 0.6) is 11.5 Å². The van der Waals surface area contributed by atoms with E-state index in [-0.39, 0.29) is 35.1 Å². The van der Waals surface area contributed by atoms with E-state index in [2.05, 4.69) is 0 Å². The summed E-state index contributed by atoms with van der Waals surface area (Å²) in [6.45, 7) is 2.24. The van der Waals surface area contributed by atoms with Gasteiger partial charge in [-0.15, -0.1) is 0 Å². The van der Waals surface area contributed by atoms with E-state index < -0.39 is 10.8 Å². The van der Waals surface area contributed by atoms with Gasteiger partial charge >= 0.3 is 0 Å². The molecule has 0 aliphatic carbocycles. The molecule has 0 aliphatic heterocycles. The monoisotopic (exact) mass is 362 g/mol. The lowest BCUT2D eigenvalue weighted by Crippen LogP contribution is -2.27. The summed E-state index contributed by atoms with van der Waals surface area (Å²) in [6, 6.07) is 8.15. The van der Waals surface area contributed by atoms with Crippen molar-refractivity contribution in [2.75, 3.05) is 20.8 Å². The van der Waals surface area contributed by atoms with Crippen molar-refractivity contribution in [2.45, 2.75) is 13.5 Å². The van der Waals surface area contributed by atoms with Gasteiger partial charge in [-0.2, -0.15) is 0 Å². The summed E-state index contributed by atoms with van der Waals surface area (Å²) in [5.74, 6) is -0.505. The first-order valence-corrected chi connectivity index (χ1v) is 7.86. The third-order valence-corrected chi connectivity index (χ3v) is 3.69. The Morgan fingerprint density at radius 1 is 1.23 bits per heavy atom. The molecule has 2 aromatic carbocycles. The Morgan fingerprint density at radius 2 is 1.88 bits per heavy atom. The molecule has 26 heavy (non-hydrogen) atoms. The highest BCUT2D eigenvalue weighted by molar-refractivity contribution is 5.99. The molecule has 0 saturated heterocycles. The van der Waals surface area contributed by atoms with Gasteiger partial charge < -0.3 is 14.4 Å². The van der Waals surface area contributed by atoms with E-state index in [1.165, 1.54) is 43.3 Å². The minimum Gasteiger partial charge on any atom is -0.493 e. The lowest BCUT2D eigenvalue weighted by Gasteiger charge is -2.18. The minimum absolute atomic E-state index is 0.108. The topological polar surface area (TPSA) is 81.9 Å². The molecule has 138 valence electrons. The van der Waals surface area contributed by atoms with Gasteiger partial charge in [0.15, 0.2) is 11.5 Å². The van der Waals surface area contributed by atoms with Crippen molar-refractivity contribution < 1.29 is 23.6 Å². The number of methoxy groups -OCH3 is 1. The smallest absolute Gasteiger partial charge is 0.286 e. The second-order valence-corrected chi connectivity index (χ2v) is 5.50. The maximum atomic E-state index is 13.0. The fourth-order valence-electron chi connectivity index (χ4n) is 2.44. The second-order valence-electron chi connectivity index (χ2n) is 5.50. The molecule has 7 nitrogen and oxygen atoms in total. The molecule has 0 heterocycles. The van der Waals surface area contributed by atoms with E-state index in [4.69, 9.17) is 9.47 Å². The Bertz CT molecular complexity index is 808. The zero-order valence-electron chi connectivity index (χ0n) is 14.7. The molecule has 2 rings (SSSR count). The third kappa shape index (κ3) is 4.27. The fourth-order valence-corrected chi connectivity index (χ4v) is 2.44. The first-order chi connectivity index (χ1) is 12.4. The molecular formula is C18H19FN2O5. The number of nitrogens with zero attached hydrogens (tertiary/aromatic N) is 2. The van der Waals surface area contributed by atoms with Crippen molar-refractivity contribution in [3.63, 3.8) is 0 Å². The highest BCUT2D eigenvalue weighted by Gasteiger charge is 2.26. The van der Waals surface area contributed by atoms with E-state index in [9.17, 15) is 19.3 Å². The Morgan fingerprint density at radius 3 is 2.42 bits per heavy atom. The molecule has 0 spiro atoms. The molecule has 0 saturated carbocycles. The van der Waals surface area contributed by atoms with Crippen molar-refractivity contribution in [1.82, 2.24) is 4.90 Å². The molecule has 0 aliphatic rings. The minimum atomic E-state index is -0.642. The molecule has 0 N–H and O–H groups in total. The summed E-state index contributed by atoms with van der Waals surface area (Å²) in [5, 5.41) is 11.4. The number of benzene rings is 2. The van der Waals surface area contributed by atoms with Gasteiger partial charge in [-0.1, -0.05) is 12.1 Å². The van der Waals surface area contributed by atoms with Crippen LogP contribution in [0.25, 0.3) is 0 Å². The summed E-state index contributed by atoms with van der Waals surface area (Å²) >= 11 is 0. The van der Waals surface area contributed by atoms with Crippen molar-refractivity contribution in [3.05, 3.63) is 63.5 Å². The van der Waals surface area contributed by atoms with Gasteiger partial charge in [0.25, 0.3) is 11.6 Å². The van der Waals surface area contributed by atoms with Gasteiger partial charge in [-0.25, -0.2) is 4.39 Å². The van der Waals surface area contributed by atoms with Crippen molar-refractivity contribution in [3.8, 4) is 11.5 Å².